The van der Waals surface area contributed by atoms with Crippen molar-refractivity contribution in [2.75, 3.05) is 7.11 Å². The first-order valence-corrected chi connectivity index (χ1v) is 6.10. The van der Waals surface area contributed by atoms with E-state index in [1.54, 1.807) is 26.0 Å². The van der Waals surface area contributed by atoms with Gasteiger partial charge in [-0.15, -0.1) is 0 Å². The van der Waals surface area contributed by atoms with Crippen LogP contribution in [0, 0.1) is 0 Å². The molecule has 0 amide bonds. The molecule has 0 bridgehead atoms. The maximum atomic E-state index is 11.7. The predicted octanol–water partition coefficient (Wildman–Crippen LogP) is 1.38. The van der Waals surface area contributed by atoms with Crippen molar-refractivity contribution in [3.8, 4) is 5.75 Å². The summed E-state index contributed by atoms with van der Waals surface area (Å²) in [7, 11) is -1.92. The summed E-state index contributed by atoms with van der Waals surface area (Å²) in [6.45, 7) is 3.55. The molecule has 0 aliphatic carbocycles. The van der Waals surface area contributed by atoms with Crippen LogP contribution in [0.2, 0.25) is 0 Å². The van der Waals surface area contributed by atoms with Crippen LogP contribution in [0.1, 0.15) is 13.8 Å². The SMILES string of the molecule is COc1cccc(S(=O)(=O)NC(C)C)c1. The van der Waals surface area contributed by atoms with Gasteiger partial charge in [-0.2, -0.15) is 0 Å². The van der Waals surface area contributed by atoms with Gasteiger partial charge in [-0.05, 0) is 26.0 Å². The van der Waals surface area contributed by atoms with Crippen molar-refractivity contribution < 1.29 is 13.2 Å². The molecule has 0 atom stereocenters. The monoisotopic (exact) mass is 229 g/mol. The first kappa shape index (κ1) is 12.0. The molecule has 1 N–H and O–H groups in total. The van der Waals surface area contributed by atoms with Gasteiger partial charge in [0.2, 0.25) is 10.0 Å². The molecular formula is C10H15NO3S. The molecule has 0 aliphatic rings. The molecule has 1 rings (SSSR count). The average Bonchev–Trinajstić information content (AvgIpc) is 2.16. The lowest BCUT2D eigenvalue weighted by atomic mass is 10.3. The van der Waals surface area contributed by atoms with Crippen molar-refractivity contribution >= 4 is 10.0 Å². The summed E-state index contributed by atoms with van der Waals surface area (Å²) in [6.07, 6.45) is 0. The van der Waals surface area contributed by atoms with E-state index in [2.05, 4.69) is 4.72 Å². The third-order valence-electron chi connectivity index (χ3n) is 1.74. The third-order valence-corrected chi connectivity index (χ3v) is 3.40. The summed E-state index contributed by atoms with van der Waals surface area (Å²) in [5, 5.41) is 0. The Hall–Kier alpha value is -1.07. The molecule has 84 valence electrons. The van der Waals surface area contributed by atoms with Crippen LogP contribution < -0.4 is 9.46 Å². The number of methoxy groups -OCH3 is 1. The fraction of sp³-hybridized carbons (Fsp3) is 0.400. The molecule has 4 nitrogen and oxygen atoms in total. The van der Waals surface area contributed by atoms with Crippen LogP contribution in [-0.2, 0) is 10.0 Å². The molecule has 15 heavy (non-hydrogen) atoms. The van der Waals surface area contributed by atoms with Gasteiger partial charge in [0.15, 0.2) is 0 Å². The molecule has 0 aromatic heterocycles. The van der Waals surface area contributed by atoms with Gasteiger partial charge in [-0.3, -0.25) is 0 Å². The second-order valence-corrected chi connectivity index (χ2v) is 5.17. The lowest BCUT2D eigenvalue weighted by molar-refractivity contribution is 0.413. The molecule has 5 heteroatoms. The van der Waals surface area contributed by atoms with Crippen LogP contribution in [0.15, 0.2) is 29.2 Å². The minimum absolute atomic E-state index is 0.124. The molecule has 0 aliphatic heterocycles. The number of ether oxygens (including phenoxy) is 1. The molecule has 0 fully saturated rings. The summed E-state index contributed by atoms with van der Waals surface area (Å²) in [6, 6.07) is 6.25. The number of hydrogen-bond donors (Lipinski definition) is 1. The van der Waals surface area contributed by atoms with Gasteiger partial charge < -0.3 is 4.74 Å². The lowest BCUT2D eigenvalue weighted by Gasteiger charge is -2.10. The van der Waals surface area contributed by atoms with E-state index >= 15 is 0 Å². The van der Waals surface area contributed by atoms with E-state index in [-0.39, 0.29) is 10.9 Å². The summed E-state index contributed by atoms with van der Waals surface area (Å²) in [4.78, 5) is 0.218. The van der Waals surface area contributed by atoms with Crippen molar-refractivity contribution in [2.45, 2.75) is 24.8 Å². The fourth-order valence-corrected chi connectivity index (χ4v) is 2.43. The molecule has 0 heterocycles. The van der Waals surface area contributed by atoms with Gasteiger partial charge in [-0.1, -0.05) is 6.07 Å². The van der Waals surface area contributed by atoms with Gasteiger partial charge in [0.1, 0.15) is 5.75 Å². The smallest absolute Gasteiger partial charge is 0.240 e. The molecule has 1 aromatic rings. The number of nitrogens with one attached hydrogen (secondary N) is 1. The van der Waals surface area contributed by atoms with Gasteiger partial charge in [-0.25, -0.2) is 13.1 Å². The van der Waals surface area contributed by atoms with Crippen molar-refractivity contribution in [2.24, 2.45) is 0 Å². The first-order valence-electron chi connectivity index (χ1n) is 4.62. The molecular weight excluding hydrogens is 214 g/mol. The maximum Gasteiger partial charge on any atom is 0.240 e. The minimum atomic E-state index is -3.42. The van der Waals surface area contributed by atoms with Crippen molar-refractivity contribution in [1.29, 1.82) is 0 Å². The zero-order valence-corrected chi connectivity index (χ0v) is 9.84. The summed E-state index contributed by atoms with van der Waals surface area (Å²) < 4.78 is 31.0. The summed E-state index contributed by atoms with van der Waals surface area (Å²) in [5.41, 5.74) is 0. The number of rotatable bonds is 4. The maximum absolute atomic E-state index is 11.7. The zero-order valence-electron chi connectivity index (χ0n) is 9.02. The minimum Gasteiger partial charge on any atom is -0.497 e. The van der Waals surface area contributed by atoms with Crippen LogP contribution in [0.5, 0.6) is 5.75 Å². The summed E-state index contributed by atoms with van der Waals surface area (Å²) >= 11 is 0. The highest BCUT2D eigenvalue weighted by atomic mass is 32.2. The number of hydrogen-bond acceptors (Lipinski definition) is 3. The van der Waals surface area contributed by atoms with Gasteiger partial charge in [0.05, 0.1) is 12.0 Å². The molecule has 1 aromatic carbocycles. The molecule has 0 unspecified atom stereocenters. The van der Waals surface area contributed by atoms with Crippen LogP contribution in [0.3, 0.4) is 0 Å². The Morgan fingerprint density at radius 1 is 1.33 bits per heavy atom. The van der Waals surface area contributed by atoms with Crippen molar-refractivity contribution in [3.05, 3.63) is 24.3 Å². The van der Waals surface area contributed by atoms with E-state index < -0.39 is 10.0 Å². The highest BCUT2D eigenvalue weighted by Gasteiger charge is 2.15. The van der Waals surface area contributed by atoms with E-state index in [1.807, 2.05) is 0 Å². The van der Waals surface area contributed by atoms with E-state index in [0.717, 1.165) is 0 Å². The molecule has 0 spiro atoms. The highest BCUT2D eigenvalue weighted by molar-refractivity contribution is 7.89. The Morgan fingerprint density at radius 2 is 2.00 bits per heavy atom. The number of benzene rings is 1. The Kier molecular flexibility index (Phi) is 3.71. The Bertz CT molecular complexity index is 426. The predicted molar refractivity (Wildman–Crippen MR) is 58.5 cm³/mol. The highest BCUT2D eigenvalue weighted by Crippen LogP contribution is 2.16. The zero-order chi connectivity index (χ0) is 11.5. The molecule has 0 radical (unpaired) electrons. The quantitative estimate of drug-likeness (QED) is 0.848. The van der Waals surface area contributed by atoms with Crippen molar-refractivity contribution in [3.63, 3.8) is 0 Å². The topological polar surface area (TPSA) is 55.4 Å². The van der Waals surface area contributed by atoms with Crippen LogP contribution in [0.4, 0.5) is 0 Å². The largest absolute Gasteiger partial charge is 0.497 e. The lowest BCUT2D eigenvalue weighted by Crippen LogP contribution is -2.30. The third kappa shape index (κ3) is 3.21. The molecule has 0 saturated carbocycles. The fourth-order valence-electron chi connectivity index (χ4n) is 1.15. The second kappa shape index (κ2) is 4.63. The number of sulfonamides is 1. The Balaban J connectivity index is 3.04. The first-order chi connectivity index (χ1) is 6.95. The van der Waals surface area contributed by atoms with E-state index in [4.69, 9.17) is 4.74 Å². The standard InChI is InChI=1S/C10H15NO3S/c1-8(2)11-15(12,13)10-6-4-5-9(7-10)14-3/h4-8,11H,1-3H3. The van der Waals surface area contributed by atoms with E-state index in [9.17, 15) is 8.42 Å². The van der Waals surface area contributed by atoms with Gasteiger partial charge in [0, 0.05) is 12.1 Å². The second-order valence-electron chi connectivity index (χ2n) is 3.45. The molecule has 0 saturated heterocycles. The van der Waals surface area contributed by atoms with Gasteiger partial charge in [0.25, 0.3) is 0 Å². The van der Waals surface area contributed by atoms with Crippen LogP contribution >= 0.6 is 0 Å². The van der Waals surface area contributed by atoms with E-state index in [0.29, 0.717) is 5.75 Å². The Labute approximate surface area is 90.3 Å². The average molecular weight is 229 g/mol. The normalized spacial score (nSPS) is 11.7. The van der Waals surface area contributed by atoms with Crippen LogP contribution in [-0.4, -0.2) is 21.6 Å². The van der Waals surface area contributed by atoms with E-state index in [1.165, 1.54) is 19.2 Å². The van der Waals surface area contributed by atoms with Crippen LogP contribution in [0.25, 0.3) is 0 Å². The summed E-state index contributed by atoms with van der Waals surface area (Å²) in [5.74, 6) is 0.529. The Morgan fingerprint density at radius 3 is 2.53 bits per heavy atom. The van der Waals surface area contributed by atoms with Gasteiger partial charge >= 0.3 is 0 Å². The van der Waals surface area contributed by atoms with Crippen molar-refractivity contribution in [1.82, 2.24) is 4.72 Å².